The number of aryl methyl sites for hydroxylation is 1. The Balaban J connectivity index is 2.71. The van der Waals surface area contributed by atoms with Crippen molar-refractivity contribution in [2.24, 2.45) is 0 Å². The van der Waals surface area contributed by atoms with Gasteiger partial charge in [0.05, 0.1) is 0 Å². The second-order valence-corrected chi connectivity index (χ2v) is 4.74. The van der Waals surface area contributed by atoms with Crippen LogP contribution in [0.2, 0.25) is 0 Å². The fourth-order valence-electron chi connectivity index (χ4n) is 1.48. The van der Waals surface area contributed by atoms with Gasteiger partial charge in [0.1, 0.15) is 0 Å². The number of carbonyl (C=O) groups excluding carboxylic acids is 1. The van der Waals surface area contributed by atoms with Crippen molar-refractivity contribution in [2.45, 2.75) is 26.2 Å². The molecule has 4 nitrogen and oxygen atoms in total. The molecule has 92 valence electrons. The Kier molecular flexibility index (Phi) is 3.89. The van der Waals surface area contributed by atoms with Crippen molar-refractivity contribution in [1.82, 2.24) is 5.32 Å². The van der Waals surface area contributed by atoms with Crippen molar-refractivity contribution in [3.63, 3.8) is 0 Å². The van der Waals surface area contributed by atoms with Crippen molar-refractivity contribution in [3.8, 4) is 0 Å². The first-order valence-corrected chi connectivity index (χ1v) is 5.41. The smallest absolute Gasteiger partial charge is 0.394 e. The zero-order chi connectivity index (χ0) is 13.1. The van der Waals surface area contributed by atoms with Gasteiger partial charge in [-0.1, -0.05) is 43.7 Å². The van der Waals surface area contributed by atoms with Crippen LogP contribution >= 0.6 is 0 Å². The third-order valence-corrected chi connectivity index (χ3v) is 2.72. The van der Waals surface area contributed by atoms with Crippen molar-refractivity contribution >= 4 is 11.9 Å². The monoisotopic (exact) mass is 235 g/mol. The average molecular weight is 235 g/mol. The van der Waals surface area contributed by atoms with Gasteiger partial charge in [0.25, 0.3) is 0 Å². The molecule has 1 aromatic carbocycles. The lowest BCUT2D eigenvalue weighted by molar-refractivity contribution is -0.150. The van der Waals surface area contributed by atoms with Crippen LogP contribution in [0.4, 0.5) is 0 Å². The van der Waals surface area contributed by atoms with Crippen LogP contribution in [0.5, 0.6) is 0 Å². The molecule has 0 saturated heterocycles. The van der Waals surface area contributed by atoms with Crippen molar-refractivity contribution in [3.05, 3.63) is 35.4 Å². The lowest BCUT2D eigenvalue weighted by atomic mass is 9.84. The normalized spacial score (nSPS) is 11.0. The number of nitrogens with one attached hydrogen (secondary N) is 1. The molecule has 0 aliphatic heterocycles. The van der Waals surface area contributed by atoms with Crippen LogP contribution in [0.1, 0.15) is 25.0 Å². The third kappa shape index (κ3) is 3.59. The van der Waals surface area contributed by atoms with E-state index >= 15 is 0 Å². The molecule has 0 radical (unpaired) electrons. The fraction of sp³-hybridized carbons (Fsp3) is 0.385. The first-order chi connectivity index (χ1) is 7.83. The van der Waals surface area contributed by atoms with Gasteiger partial charge in [-0.3, -0.25) is 4.79 Å². The van der Waals surface area contributed by atoms with Crippen LogP contribution in [0, 0.1) is 6.92 Å². The summed E-state index contributed by atoms with van der Waals surface area (Å²) < 4.78 is 0. The minimum Gasteiger partial charge on any atom is -0.474 e. The Bertz CT molecular complexity index is 421. The summed E-state index contributed by atoms with van der Waals surface area (Å²) in [6.07, 6.45) is 0. The van der Waals surface area contributed by atoms with Crippen molar-refractivity contribution < 1.29 is 14.7 Å². The molecule has 0 bridgehead atoms. The van der Waals surface area contributed by atoms with Gasteiger partial charge in [-0.05, 0) is 12.5 Å². The maximum Gasteiger partial charge on any atom is 0.394 e. The molecule has 0 aliphatic carbocycles. The molecule has 0 heterocycles. The topological polar surface area (TPSA) is 66.4 Å². The molecule has 0 atom stereocenters. The molecule has 0 aliphatic rings. The van der Waals surface area contributed by atoms with E-state index < -0.39 is 11.9 Å². The Hall–Kier alpha value is -1.84. The number of amides is 1. The van der Waals surface area contributed by atoms with Crippen LogP contribution in [0.15, 0.2) is 24.3 Å². The van der Waals surface area contributed by atoms with E-state index in [9.17, 15) is 9.59 Å². The molecule has 1 aromatic rings. The minimum absolute atomic E-state index is 0.293. The van der Waals surface area contributed by atoms with Crippen LogP contribution in [0.25, 0.3) is 0 Å². The molecule has 0 spiro atoms. The van der Waals surface area contributed by atoms with Gasteiger partial charge in [0.2, 0.25) is 0 Å². The van der Waals surface area contributed by atoms with E-state index in [1.54, 1.807) is 0 Å². The molecule has 4 heteroatoms. The maximum atomic E-state index is 11.0. The van der Waals surface area contributed by atoms with E-state index in [1.165, 1.54) is 5.56 Å². The number of benzene rings is 1. The zero-order valence-corrected chi connectivity index (χ0v) is 10.3. The van der Waals surface area contributed by atoms with Gasteiger partial charge in [-0.2, -0.15) is 0 Å². The van der Waals surface area contributed by atoms with Gasteiger partial charge in [0.15, 0.2) is 0 Å². The fourth-order valence-corrected chi connectivity index (χ4v) is 1.48. The van der Waals surface area contributed by atoms with Crippen LogP contribution in [0.3, 0.4) is 0 Å². The van der Waals surface area contributed by atoms with Crippen molar-refractivity contribution in [1.29, 1.82) is 0 Å². The highest BCUT2D eigenvalue weighted by Crippen LogP contribution is 2.22. The van der Waals surface area contributed by atoms with E-state index in [0.717, 1.165) is 5.56 Å². The third-order valence-electron chi connectivity index (χ3n) is 2.72. The highest BCUT2D eigenvalue weighted by atomic mass is 16.4. The maximum absolute atomic E-state index is 11.0. The first kappa shape index (κ1) is 13.2. The molecule has 1 amide bonds. The number of aliphatic carboxylic acids is 1. The molecule has 0 unspecified atom stereocenters. The molecule has 0 aromatic heterocycles. The largest absolute Gasteiger partial charge is 0.474 e. The molecular formula is C13H17NO3. The summed E-state index contributed by atoms with van der Waals surface area (Å²) in [7, 11) is 0. The zero-order valence-electron chi connectivity index (χ0n) is 10.3. The van der Waals surface area contributed by atoms with Crippen molar-refractivity contribution in [2.75, 3.05) is 6.54 Å². The predicted octanol–water partition coefficient (Wildman–Crippen LogP) is 1.47. The van der Waals surface area contributed by atoms with Crippen LogP contribution < -0.4 is 5.32 Å². The molecular weight excluding hydrogens is 218 g/mol. The summed E-state index contributed by atoms with van der Waals surface area (Å²) in [4.78, 5) is 21.3. The lowest BCUT2D eigenvalue weighted by Gasteiger charge is -2.25. The SMILES string of the molecule is Cc1ccc(C(C)(C)CNC(=O)C(=O)O)cc1. The van der Waals surface area contributed by atoms with Gasteiger partial charge in [-0.25, -0.2) is 4.79 Å². The highest BCUT2D eigenvalue weighted by molar-refractivity contribution is 6.31. The minimum atomic E-state index is -1.45. The lowest BCUT2D eigenvalue weighted by Crippen LogP contribution is -2.39. The number of hydrogen-bond acceptors (Lipinski definition) is 2. The average Bonchev–Trinajstić information content (AvgIpc) is 2.26. The Morgan fingerprint density at radius 2 is 1.76 bits per heavy atom. The predicted molar refractivity (Wildman–Crippen MR) is 64.9 cm³/mol. The summed E-state index contributed by atoms with van der Waals surface area (Å²) in [5.74, 6) is -2.42. The Morgan fingerprint density at radius 3 is 2.24 bits per heavy atom. The van der Waals surface area contributed by atoms with Gasteiger partial charge in [0, 0.05) is 12.0 Å². The van der Waals surface area contributed by atoms with Crippen LogP contribution in [-0.2, 0) is 15.0 Å². The van der Waals surface area contributed by atoms with E-state index in [4.69, 9.17) is 5.11 Å². The summed E-state index contributed by atoms with van der Waals surface area (Å²) in [5, 5.41) is 10.9. The Labute approximate surface area is 101 Å². The van der Waals surface area contributed by atoms with Gasteiger partial charge >= 0.3 is 11.9 Å². The molecule has 17 heavy (non-hydrogen) atoms. The number of carbonyl (C=O) groups is 2. The van der Waals surface area contributed by atoms with E-state index in [1.807, 2.05) is 45.0 Å². The molecule has 1 rings (SSSR count). The molecule has 0 fully saturated rings. The summed E-state index contributed by atoms with van der Waals surface area (Å²) in [6, 6.07) is 7.97. The van der Waals surface area contributed by atoms with E-state index in [2.05, 4.69) is 5.32 Å². The quantitative estimate of drug-likeness (QED) is 0.780. The number of hydrogen-bond donors (Lipinski definition) is 2. The number of carboxylic acids is 1. The summed E-state index contributed by atoms with van der Waals surface area (Å²) >= 11 is 0. The number of carboxylic acid groups (broad SMARTS) is 1. The molecule has 0 saturated carbocycles. The standard InChI is InChI=1S/C13H17NO3/c1-9-4-6-10(7-5-9)13(2,3)8-14-11(15)12(16)17/h4-7H,8H2,1-3H3,(H,14,15)(H,16,17). The molecule has 2 N–H and O–H groups in total. The highest BCUT2D eigenvalue weighted by Gasteiger charge is 2.22. The van der Waals surface area contributed by atoms with Gasteiger partial charge in [-0.15, -0.1) is 0 Å². The van der Waals surface area contributed by atoms with Gasteiger partial charge < -0.3 is 10.4 Å². The first-order valence-electron chi connectivity index (χ1n) is 5.41. The summed E-state index contributed by atoms with van der Waals surface area (Å²) in [5.41, 5.74) is 1.94. The van der Waals surface area contributed by atoms with E-state index in [-0.39, 0.29) is 5.41 Å². The van der Waals surface area contributed by atoms with Crippen LogP contribution in [-0.4, -0.2) is 23.5 Å². The Morgan fingerprint density at radius 1 is 1.24 bits per heavy atom. The number of rotatable bonds is 3. The summed E-state index contributed by atoms with van der Waals surface area (Å²) in [6.45, 7) is 6.21. The second-order valence-electron chi connectivity index (χ2n) is 4.74. The van der Waals surface area contributed by atoms with E-state index in [0.29, 0.717) is 6.54 Å². The second kappa shape index (κ2) is 4.99.